The molecule has 1 heterocycles. The number of halogens is 2. The number of hydrogen-bond acceptors (Lipinski definition) is 5. The molecule has 3 rings (SSSR count). The topological polar surface area (TPSA) is 82.3 Å². The van der Waals surface area contributed by atoms with Crippen LogP contribution in [0.15, 0.2) is 41.2 Å². The first-order chi connectivity index (χ1) is 13.4. The van der Waals surface area contributed by atoms with Crippen molar-refractivity contribution >= 4 is 11.7 Å². The van der Waals surface area contributed by atoms with E-state index in [1.807, 2.05) is 6.92 Å². The minimum atomic E-state index is -1.09. The van der Waals surface area contributed by atoms with Crippen LogP contribution in [0.2, 0.25) is 0 Å². The lowest BCUT2D eigenvalue weighted by Crippen LogP contribution is -2.41. The van der Waals surface area contributed by atoms with Gasteiger partial charge in [0.2, 0.25) is 0 Å². The summed E-state index contributed by atoms with van der Waals surface area (Å²) in [6.45, 7) is 3.76. The summed E-state index contributed by atoms with van der Waals surface area (Å²) in [5, 5.41) is 6.94. The number of nitrogens with zero attached hydrogens (tertiary/aromatic N) is 5. The van der Waals surface area contributed by atoms with E-state index >= 15 is 0 Å². The summed E-state index contributed by atoms with van der Waals surface area (Å²) in [6.07, 6.45) is 0. The average Bonchev–Trinajstić information content (AvgIpc) is 3.04. The number of aryl methyl sites for hydroxylation is 1. The maximum absolute atomic E-state index is 14.0. The largest absolute Gasteiger partial charge is 0.496 e. The average molecular weight is 389 g/mol. The molecule has 1 amide bonds. The summed E-state index contributed by atoms with van der Waals surface area (Å²) in [5.41, 5.74) is -0.459. The lowest BCUT2D eigenvalue weighted by atomic mass is 10.2. The second-order valence-corrected chi connectivity index (χ2v) is 5.84. The summed E-state index contributed by atoms with van der Waals surface area (Å²) in [6, 6.07) is 7.37. The molecule has 8 nitrogen and oxygen atoms in total. The molecule has 2 aromatic carbocycles. The zero-order chi connectivity index (χ0) is 20.4. The molecule has 0 aliphatic rings. The fourth-order valence-electron chi connectivity index (χ4n) is 2.72. The van der Waals surface area contributed by atoms with Gasteiger partial charge in [0.15, 0.2) is 11.6 Å². The molecular weight excluding hydrogens is 372 g/mol. The molecule has 3 aromatic rings. The van der Waals surface area contributed by atoms with Crippen molar-refractivity contribution in [1.82, 2.24) is 19.8 Å². The minimum Gasteiger partial charge on any atom is -0.496 e. The molecule has 1 aromatic heterocycles. The van der Waals surface area contributed by atoms with Gasteiger partial charge >= 0.3 is 11.7 Å². The van der Waals surface area contributed by atoms with Crippen molar-refractivity contribution in [1.29, 1.82) is 0 Å². The van der Waals surface area contributed by atoms with Gasteiger partial charge < -0.3 is 4.74 Å². The molecule has 28 heavy (non-hydrogen) atoms. The van der Waals surface area contributed by atoms with Gasteiger partial charge in [0.1, 0.15) is 11.4 Å². The number of carbonyl (C=O) groups excluding carboxylic acids is 1. The van der Waals surface area contributed by atoms with Crippen LogP contribution in [0.25, 0.3) is 5.69 Å². The first-order valence-corrected chi connectivity index (χ1v) is 8.35. The number of benzene rings is 2. The number of anilines is 1. The van der Waals surface area contributed by atoms with Gasteiger partial charge in [0.05, 0.1) is 7.11 Å². The number of methoxy groups -OCH3 is 1. The summed E-state index contributed by atoms with van der Waals surface area (Å²) >= 11 is 0. The van der Waals surface area contributed by atoms with Crippen molar-refractivity contribution in [3.8, 4) is 11.4 Å². The highest BCUT2D eigenvalue weighted by Crippen LogP contribution is 2.25. The van der Waals surface area contributed by atoms with Crippen LogP contribution in [0.1, 0.15) is 12.5 Å². The Hall–Kier alpha value is -3.56. The zero-order valence-corrected chi connectivity index (χ0v) is 15.4. The number of tetrazole rings is 1. The smallest absolute Gasteiger partial charge is 0.377 e. The molecule has 0 atom stereocenters. The predicted molar refractivity (Wildman–Crippen MR) is 97.1 cm³/mol. The van der Waals surface area contributed by atoms with Crippen molar-refractivity contribution in [2.24, 2.45) is 0 Å². The lowest BCUT2D eigenvalue weighted by Gasteiger charge is -2.20. The van der Waals surface area contributed by atoms with E-state index in [-0.39, 0.29) is 6.54 Å². The first kappa shape index (κ1) is 19.2. The molecule has 0 aliphatic carbocycles. The van der Waals surface area contributed by atoms with Crippen molar-refractivity contribution < 1.29 is 18.3 Å². The summed E-state index contributed by atoms with van der Waals surface area (Å²) in [4.78, 5) is 26.6. The van der Waals surface area contributed by atoms with E-state index < -0.39 is 29.0 Å². The van der Waals surface area contributed by atoms with Gasteiger partial charge in [-0.05, 0) is 48.0 Å². The molecule has 0 spiro atoms. The van der Waals surface area contributed by atoms with Gasteiger partial charge in [-0.1, -0.05) is 12.1 Å². The highest BCUT2D eigenvalue weighted by atomic mass is 19.1. The summed E-state index contributed by atoms with van der Waals surface area (Å²) < 4.78 is 34.0. The molecule has 0 unspecified atom stereocenters. The fraction of sp³-hybridized carbons (Fsp3) is 0.222. The normalized spacial score (nSPS) is 10.8. The number of hydrogen-bond donors (Lipinski definition) is 0. The van der Waals surface area contributed by atoms with Crippen LogP contribution in [-0.4, -0.2) is 39.5 Å². The number of carbonyl (C=O) groups is 1. The van der Waals surface area contributed by atoms with E-state index in [2.05, 4.69) is 10.4 Å². The number of ether oxygens (including phenoxy) is 1. The quantitative estimate of drug-likeness (QED) is 0.641. The predicted octanol–water partition coefficient (Wildman–Crippen LogP) is 2.52. The lowest BCUT2D eigenvalue weighted by molar-refractivity contribution is 0.244. The molecular formula is C18H17F2N5O3. The number of rotatable bonds is 4. The van der Waals surface area contributed by atoms with Crippen molar-refractivity contribution in [3.63, 3.8) is 0 Å². The van der Waals surface area contributed by atoms with E-state index in [4.69, 9.17) is 4.74 Å². The van der Waals surface area contributed by atoms with E-state index in [1.54, 1.807) is 25.1 Å². The SMILES string of the molecule is CCN(C(=O)n1nnn(-c2c(F)cccc2F)c1=O)c1ccc(C)c(OC)c1. The first-order valence-electron chi connectivity index (χ1n) is 8.35. The van der Waals surface area contributed by atoms with Gasteiger partial charge in [-0.2, -0.15) is 4.68 Å². The Kier molecular flexibility index (Phi) is 5.21. The number of para-hydroxylation sites is 1. The van der Waals surface area contributed by atoms with Gasteiger partial charge in [-0.25, -0.2) is 18.4 Å². The Morgan fingerprint density at radius 1 is 1.18 bits per heavy atom. The van der Waals surface area contributed by atoms with Crippen LogP contribution in [0.4, 0.5) is 19.3 Å². The third-order valence-corrected chi connectivity index (χ3v) is 4.16. The molecule has 0 fully saturated rings. The van der Waals surface area contributed by atoms with Crippen LogP contribution < -0.4 is 15.3 Å². The maximum Gasteiger partial charge on any atom is 0.377 e. The minimum absolute atomic E-state index is 0.207. The Balaban J connectivity index is 2.03. The summed E-state index contributed by atoms with van der Waals surface area (Å²) in [7, 11) is 1.50. The molecule has 0 saturated carbocycles. The Morgan fingerprint density at radius 3 is 2.46 bits per heavy atom. The van der Waals surface area contributed by atoms with E-state index in [0.717, 1.165) is 23.8 Å². The third kappa shape index (κ3) is 3.24. The van der Waals surface area contributed by atoms with Gasteiger partial charge in [-0.3, -0.25) is 4.90 Å². The fourth-order valence-corrected chi connectivity index (χ4v) is 2.72. The molecule has 146 valence electrons. The molecule has 0 N–H and O–H groups in total. The van der Waals surface area contributed by atoms with Crippen LogP contribution in [0.5, 0.6) is 5.75 Å². The molecule has 10 heteroatoms. The van der Waals surface area contributed by atoms with Crippen LogP contribution in [-0.2, 0) is 0 Å². The number of aromatic nitrogens is 4. The van der Waals surface area contributed by atoms with Gasteiger partial charge in [-0.15, -0.1) is 4.68 Å². The molecule has 0 bridgehead atoms. The Morgan fingerprint density at radius 2 is 1.86 bits per heavy atom. The zero-order valence-electron chi connectivity index (χ0n) is 15.4. The van der Waals surface area contributed by atoms with Gasteiger partial charge in [0, 0.05) is 18.3 Å². The standard InChI is InChI=1S/C18H17F2N5O3/c1-4-23(12-9-8-11(2)15(10-12)28-3)17(26)25-18(27)24(21-22-25)16-13(19)6-5-7-14(16)20/h5-10H,4H2,1-3H3. The highest BCUT2D eigenvalue weighted by molar-refractivity contribution is 5.93. The maximum atomic E-state index is 14.0. The van der Waals surface area contributed by atoms with E-state index in [9.17, 15) is 18.4 Å². The second-order valence-electron chi connectivity index (χ2n) is 5.84. The number of amides is 1. The van der Waals surface area contributed by atoms with Crippen LogP contribution in [0, 0.1) is 18.6 Å². The molecule has 0 saturated heterocycles. The monoisotopic (exact) mass is 389 g/mol. The van der Waals surface area contributed by atoms with Crippen molar-refractivity contribution in [2.75, 3.05) is 18.6 Å². The van der Waals surface area contributed by atoms with Crippen LogP contribution >= 0.6 is 0 Å². The van der Waals surface area contributed by atoms with E-state index in [0.29, 0.717) is 20.8 Å². The van der Waals surface area contributed by atoms with Crippen molar-refractivity contribution in [2.45, 2.75) is 13.8 Å². The molecule has 0 radical (unpaired) electrons. The van der Waals surface area contributed by atoms with E-state index in [1.165, 1.54) is 12.0 Å². The third-order valence-electron chi connectivity index (χ3n) is 4.16. The van der Waals surface area contributed by atoms with Gasteiger partial charge in [0.25, 0.3) is 0 Å². The second kappa shape index (κ2) is 7.59. The summed E-state index contributed by atoms with van der Waals surface area (Å²) in [5.74, 6) is -1.44. The van der Waals surface area contributed by atoms with Crippen LogP contribution in [0.3, 0.4) is 0 Å². The highest BCUT2D eigenvalue weighted by Gasteiger charge is 2.24. The Bertz CT molecular complexity index is 1070. The van der Waals surface area contributed by atoms with Crippen molar-refractivity contribution in [3.05, 3.63) is 64.1 Å². The molecule has 0 aliphatic heterocycles. The Labute approximate surface area is 158 Å².